The van der Waals surface area contributed by atoms with Crippen molar-refractivity contribution in [2.24, 2.45) is 0 Å². The van der Waals surface area contributed by atoms with Crippen molar-refractivity contribution in [1.29, 1.82) is 0 Å². The van der Waals surface area contributed by atoms with E-state index in [0.717, 1.165) is 20.4 Å². The Hall–Kier alpha value is -0.146. The van der Waals surface area contributed by atoms with Gasteiger partial charge in [0.05, 0.1) is 0 Å². The fourth-order valence-electron chi connectivity index (χ4n) is 0. The Morgan fingerprint density at radius 2 is 1.50 bits per heavy atom. The van der Waals surface area contributed by atoms with Crippen LogP contribution in [0.3, 0.4) is 0 Å². The van der Waals surface area contributed by atoms with Gasteiger partial charge in [0.25, 0.3) is 5.95 Å². The van der Waals surface area contributed by atoms with Gasteiger partial charge in [-0.25, -0.2) is 0 Å². The average Bonchev–Trinajstić information content (AvgIpc) is 1.41. The fraction of sp³-hybridized carbons (Fsp3) is 0. The molecule has 0 radical (unpaired) electrons. The van der Waals surface area contributed by atoms with Crippen LogP contribution in [-0.2, 0) is 23.7 Å². The predicted octanol–water partition coefficient (Wildman–Crippen LogP) is 0.452. The second-order valence-electron chi connectivity index (χ2n) is 0.416. The molecule has 4 heteroatoms. The van der Waals surface area contributed by atoms with Crippen molar-refractivity contribution < 1.29 is 33.9 Å². The van der Waals surface area contributed by atoms with Crippen LogP contribution in [0.5, 0.6) is 0 Å². The van der Waals surface area contributed by atoms with Gasteiger partial charge in [-0.2, -0.15) is 0 Å². The first-order chi connectivity index (χ1) is 2.73. The van der Waals surface area contributed by atoms with Gasteiger partial charge in [0.2, 0.25) is 0 Å². The van der Waals surface area contributed by atoms with E-state index < -0.39 is 5.95 Å². The Kier molecular flexibility index (Phi) is 13.7. The molecule has 0 amide bonds. The Morgan fingerprint density at radius 3 is 1.50 bits per heavy atom. The van der Waals surface area contributed by atoms with Gasteiger partial charge in [0, 0.05) is 0 Å². The van der Waals surface area contributed by atoms with Gasteiger partial charge < -0.3 is 10.2 Å². The first kappa shape index (κ1) is 9.29. The SMILES string of the molecule is C=C(O)O.[O]=[Ti]. The Morgan fingerprint density at radius 1 is 1.50 bits per heavy atom. The van der Waals surface area contributed by atoms with E-state index in [4.69, 9.17) is 13.5 Å². The number of hydrogen-bond donors (Lipinski definition) is 2. The zero-order chi connectivity index (χ0) is 5.58. The second-order valence-corrected chi connectivity index (χ2v) is 0.416. The average molecular weight is 124 g/mol. The molecule has 0 saturated carbocycles. The molecule has 6 heavy (non-hydrogen) atoms. The van der Waals surface area contributed by atoms with Crippen LogP contribution in [-0.4, -0.2) is 10.2 Å². The second kappa shape index (κ2) is 8.85. The van der Waals surface area contributed by atoms with Gasteiger partial charge in [0.15, 0.2) is 0 Å². The molecule has 3 nitrogen and oxygen atoms in total. The molecule has 0 aliphatic heterocycles. The van der Waals surface area contributed by atoms with Crippen molar-refractivity contribution in [3.05, 3.63) is 12.5 Å². The first-order valence-corrected chi connectivity index (χ1v) is 1.64. The summed E-state index contributed by atoms with van der Waals surface area (Å²) in [5.74, 6) is -0.833. The molecule has 2 N–H and O–H groups in total. The monoisotopic (exact) mass is 124 g/mol. The molecule has 0 bridgehead atoms. The standard InChI is InChI=1S/C2H4O2.O.Ti/c1-2(3)4;;/h3-4H,1H2;;. The Balaban J connectivity index is 0. The maximum atomic E-state index is 8.25. The molecule has 0 heterocycles. The van der Waals surface area contributed by atoms with Gasteiger partial charge in [-0.1, -0.05) is 0 Å². The minimum atomic E-state index is -0.833. The molecule has 0 rings (SSSR count). The predicted molar refractivity (Wildman–Crippen MR) is 15.1 cm³/mol. The van der Waals surface area contributed by atoms with E-state index in [2.05, 4.69) is 6.58 Å². The molecular weight excluding hydrogens is 120 g/mol. The summed E-state index contributed by atoms with van der Waals surface area (Å²) in [6.45, 7) is 2.67. The third-order valence-corrected chi connectivity index (χ3v) is 0. The van der Waals surface area contributed by atoms with E-state index in [9.17, 15) is 0 Å². The number of rotatable bonds is 0. The summed E-state index contributed by atoms with van der Waals surface area (Å²) in [4.78, 5) is 0. The molecule has 0 aliphatic rings. The van der Waals surface area contributed by atoms with E-state index in [0.29, 0.717) is 0 Å². The quantitative estimate of drug-likeness (QED) is 0.364. The molecule has 0 aliphatic carbocycles. The van der Waals surface area contributed by atoms with Crippen molar-refractivity contribution >= 4 is 0 Å². The summed E-state index contributed by atoms with van der Waals surface area (Å²) in [5.41, 5.74) is 0. The Bertz CT molecular complexity index is 40.1. The summed E-state index contributed by atoms with van der Waals surface area (Å²) in [6.07, 6.45) is 0. The van der Waals surface area contributed by atoms with Crippen LogP contribution in [0.15, 0.2) is 12.5 Å². The van der Waals surface area contributed by atoms with Gasteiger partial charge >= 0.3 is 23.7 Å². The summed E-state index contributed by atoms with van der Waals surface area (Å²) >= 11 is 0.750. The third kappa shape index (κ3) is 1480. The molecule has 0 aromatic rings. The first-order valence-electron chi connectivity index (χ1n) is 1.00. The van der Waals surface area contributed by atoms with Crippen LogP contribution in [0.1, 0.15) is 0 Å². The summed E-state index contributed by atoms with van der Waals surface area (Å²) < 4.78 is 8.25. The van der Waals surface area contributed by atoms with Crippen LogP contribution in [0.25, 0.3) is 0 Å². The molecule has 34 valence electrons. The van der Waals surface area contributed by atoms with E-state index in [1.807, 2.05) is 0 Å². The van der Waals surface area contributed by atoms with E-state index in [-0.39, 0.29) is 0 Å². The van der Waals surface area contributed by atoms with Crippen LogP contribution in [0.2, 0.25) is 0 Å². The number of aliphatic hydroxyl groups is 2. The van der Waals surface area contributed by atoms with Crippen molar-refractivity contribution in [2.75, 3.05) is 0 Å². The zero-order valence-electron chi connectivity index (χ0n) is 3.01. The molecule has 0 aromatic heterocycles. The van der Waals surface area contributed by atoms with Crippen LogP contribution < -0.4 is 0 Å². The topological polar surface area (TPSA) is 57.5 Å². The van der Waals surface area contributed by atoms with Gasteiger partial charge in [-0.3, -0.25) is 0 Å². The van der Waals surface area contributed by atoms with Crippen LogP contribution in [0.4, 0.5) is 0 Å². The van der Waals surface area contributed by atoms with Gasteiger partial charge in [-0.15, -0.1) is 0 Å². The van der Waals surface area contributed by atoms with E-state index in [1.54, 1.807) is 0 Å². The molecule has 0 saturated heterocycles. The van der Waals surface area contributed by atoms with Crippen molar-refractivity contribution in [2.45, 2.75) is 0 Å². The molecule has 0 atom stereocenters. The zero-order valence-corrected chi connectivity index (χ0v) is 4.57. The number of hydrogen-bond acceptors (Lipinski definition) is 3. The number of aliphatic hydroxyl groups excluding tert-OH is 1. The molecule has 0 fully saturated rings. The van der Waals surface area contributed by atoms with Gasteiger partial charge in [-0.05, 0) is 6.58 Å². The summed E-state index contributed by atoms with van der Waals surface area (Å²) in [5, 5.41) is 14.8. The van der Waals surface area contributed by atoms with Crippen molar-refractivity contribution in [3.8, 4) is 0 Å². The Labute approximate surface area is 47.0 Å². The maximum absolute atomic E-state index is 8.25. The minimum absolute atomic E-state index is 0.750. The van der Waals surface area contributed by atoms with Crippen LogP contribution >= 0.6 is 0 Å². The van der Waals surface area contributed by atoms with Crippen molar-refractivity contribution in [3.63, 3.8) is 0 Å². The van der Waals surface area contributed by atoms with E-state index in [1.165, 1.54) is 0 Å². The van der Waals surface area contributed by atoms with E-state index >= 15 is 0 Å². The fourth-order valence-corrected chi connectivity index (χ4v) is 0. The summed E-state index contributed by atoms with van der Waals surface area (Å²) in [6, 6.07) is 0. The summed E-state index contributed by atoms with van der Waals surface area (Å²) in [7, 11) is 0. The molecular formula is C2H4O3Ti. The van der Waals surface area contributed by atoms with Crippen molar-refractivity contribution in [1.82, 2.24) is 0 Å². The van der Waals surface area contributed by atoms with Crippen LogP contribution in [0, 0.1) is 0 Å². The molecule has 0 aromatic carbocycles. The molecule has 0 spiro atoms. The molecule has 0 unspecified atom stereocenters. The normalized spacial score (nSPS) is 4.50. The van der Waals surface area contributed by atoms with Gasteiger partial charge in [0.1, 0.15) is 0 Å². The third-order valence-electron chi connectivity index (χ3n) is 0.